The topological polar surface area (TPSA) is 46.6 Å². The van der Waals surface area contributed by atoms with Crippen molar-refractivity contribution in [3.8, 4) is 0 Å². The van der Waals surface area contributed by atoms with Crippen molar-refractivity contribution in [2.45, 2.75) is 64.0 Å². The Morgan fingerprint density at radius 3 is 1.96 bits per heavy atom. The fourth-order valence-corrected chi connectivity index (χ4v) is 3.21. The van der Waals surface area contributed by atoms with Crippen LogP contribution in [0, 0.1) is 0 Å². The number of esters is 1. The van der Waals surface area contributed by atoms with Crippen molar-refractivity contribution in [2.24, 2.45) is 0 Å². The number of rotatable bonds is 3. The predicted octanol–water partition coefficient (Wildman–Crippen LogP) is 4.46. The van der Waals surface area contributed by atoms with Gasteiger partial charge in [-0.15, -0.1) is 0 Å². The highest BCUT2D eigenvalue weighted by Gasteiger charge is 2.37. The summed E-state index contributed by atoms with van der Waals surface area (Å²) in [5, 5.41) is 0.687. The molecule has 2 aliphatic carbocycles. The van der Waals surface area contributed by atoms with E-state index in [1.807, 2.05) is 12.1 Å². The third-order valence-electron chi connectivity index (χ3n) is 4.52. The highest BCUT2D eigenvalue weighted by molar-refractivity contribution is 6.30. The highest BCUT2D eigenvalue weighted by atomic mass is 35.5. The molecule has 132 valence electrons. The van der Waals surface area contributed by atoms with Crippen LogP contribution in [-0.4, -0.2) is 36.0 Å². The van der Waals surface area contributed by atoms with Crippen LogP contribution in [0.1, 0.15) is 62.2 Å². The third-order valence-corrected chi connectivity index (χ3v) is 4.77. The number of benzene rings is 1. The van der Waals surface area contributed by atoms with E-state index in [1.54, 1.807) is 12.1 Å². The molecule has 5 heteroatoms. The Balaban J connectivity index is 0.000000368. The maximum atomic E-state index is 12.7. The lowest BCUT2D eigenvalue weighted by Crippen LogP contribution is -2.43. The van der Waals surface area contributed by atoms with Gasteiger partial charge in [0.2, 0.25) is 0 Å². The van der Waals surface area contributed by atoms with Gasteiger partial charge in [0.25, 0.3) is 5.91 Å². The Bertz CT molecular complexity index is 548. The second-order valence-corrected chi connectivity index (χ2v) is 6.87. The minimum Gasteiger partial charge on any atom is -0.469 e. The molecule has 0 aliphatic heterocycles. The van der Waals surface area contributed by atoms with E-state index in [1.165, 1.54) is 59.0 Å². The van der Waals surface area contributed by atoms with Crippen LogP contribution in [0.2, 0.25) is 5.02 Å². The summed E-state index contributed by atoms with van der Waals surface area (Å²) in [7, 11) is 1.35. The number of nitrogens with zero attached hydrogens (tertiary/aromatic N) is 1. The van der Waals surface area contributed by atoms with E-state index < -0.39 is 0 Å². The summed E-state index contributed by atoms with van der Waals surface area (Å²) in [5.41, 5.74) is 0.780. The molecule has 1 amide bonds. The van der Waals surface area contributed by atoms with Gasteiger partial charge in [-0.1, -0.05) is 30.9 Å². The molecule has 0 N–H and O–H groups in total. The van der Waals surface area contributed by atoms with Gasteiger partial charge in [-0.25, -0.2) is 0 Å². The van der Waals surface area contributed by atoms with Gasteiger partial charge >= 0.3 is 5.97 Å². The molecule has 3 rings (SSSR count). The molecule has 1 aromatic carbocycles. The van der Waals surface area contributed by atoms with Gasteiger partial charge in [0.15, 0.2) is 0 Å². The van der Waals surface area contributed by atoms with E-state index >= 15 is 0 Å². The van der Waals surface area contributed by atoms with Gasteiger partial charge < -0.3 is 9.64 Å². The largest absolute Gasteiger partial charge is 0.469 e. The summed E-state index contributed by atoms with van der Waals surface area (Å²) in [6.45, 7) is 1.36. The molecule has 2 fully saturated rings. The second-order valence-electron chi connectivity index (χ2n) is 6.44. The monoisotopic (exact) mass is 351 g/mol. The molecule has 2 saturated carbocycles. The Morgan fingerprint density at radius 2 is 1.50 bits per heavy atom. The second kappa shape index (κ2) is 9.07. The molecule has 0 unspecified atom stereocenters. The first kappa shape index (κ1) is 18.8. The van der Waals surface area contributed by atoms with Crippen molar-refractivity contribution in [1.29, 1.82) is 0 Å². The molecule has 4 nitrogen and oxygen atoms in total. The maximum Gasteiger partial charge on any atom is 0.302 e. The predicted molar refractivity (Wildman–Crippen MR) is 95.2 cm³/mol. The van der Waals surface area contributed by atoms with Gasteiger partial charge in [-0.2, -0.15) is 0 Å². The summed E-state index contributed by atoms with van der Waals surface area (Å²) < 4.78 is 4.11. The lowest BCUT2D eigenvalue weighted by molar-refractivity contribution is -0.137. The number of amides is 1. The summed E-state index contributed by atoms with van der Waals surface area (Å²) >= 11 is 5.89. The lowest BCUT2D eigenvalue weighted by Gasteiger charge is -2.34. The molecule has 0 saturated heterocycles. The third kappa shape index (κ3) is 5.52. The van der Waals surface area contributed by atoms with E-state index in [4.69, 9.17) is 11.6 Å². The first-order chi connectivity index (χ1) is 11.5. The first-order valence-electron chi connectivity index (χ1n) is 8.65. The summed E-state index contributed by atoms with van der Waals surface area (Å²) in [4.78, 5) is 24.5. The standard InChI is InChI=1S/C16H20ClNO.C3H6O2/c17-13-8-6-12(7-9-13)16(19)18(15-10-11-15)14-4-2-1-3-5-14;1-3(4)5-2/h6-9,14-15H,1-5,10-11H2;1-2H3. The van der Waals surface area contributed by atoms with E-state index in [0.717, 1.165) is 5.56 Å². The van der Waals surface area contributed by atoms with Crippen LogP contribution in [0.5, 0.6) is 0 Å². The van der Waals surface area contributed by atoms with E-state index in [9.17, 15) is 9.59 Å². The average Bonchev–Trinajstić information content (AvgIpc) is 3.42. The van der Waals surface area contributed by atoms with Gasteiger partial charge in [0, 0.05) is 29.6 Å². The number of carbonyl (C=O) groups is 2. The van der Waals surface area contributed by atoms with Gasteiger partial charge in [0.1, 0.15) is 0 Å². The number of halogens is 1. The summed E-state index contributed by atoms with van der Waals surface area (Å²) in [5.74, 6) is -0.0453. The molecule has 24 heavy (non-hydrogen) atoms. The molecule has 0 bridgehead atoms. The molecule has 0 heterocycles. The Labute approximate surface area is 149 Å². The van der Waals surface area contributed by atoms with E-state index in [-0.39, 0.29) is 11.9 Å². The molecular formula is C19H26ClNO3. The van der Waals surface area contributed by atoms with Crippen LogP contribution in [-0.2, 0) is 9.53 Å². The zero-order chi connectivity index (χ0) is 17.5. The lowest BCUT2D eigenvalue weighted by atomic mass is 9.93. The smallest absolute Gasteiger partial charge is 0.302 e. The summed E-state index contributed by atoms with van der Waals surface area (Å²) in [6, 6.07) is 8.27. The number of hydrogen-bond acceptors (Lipinski definition) is 3. The zero-order valence-corrected chi connectivity index (χ0v) is 15.2. The van der Waals surface area contributed by atoms with Gasteiger partial charge in [-0.3, -0.25) is 9.59 Å². The fourth-order valence-electron chi connectivity index (χ4n) is 3.08. The first-order valence-corrected chi connectivity index (χ1v) is 9.03. The Kier molecular flexibility index (Phi) is 7.10. The molecule has 0 spiro atoms. The van der Waals surface area contributed by atoms with Crippen molar-refractivity contribution in [3.63, 3.8) is 0 Å². The van der Waals surface area contributed by atoms with Crippen LogP contribution in [0.4, 0.5) is 0 Å². The number of carbonyl (C=O) groups excluding carboxylic acids is 2. The molecule has 1 aromatic rings. The molecule has 0 atom stereocenters. The van der Waals surface area contributed by atoms with Crippen molar-refractivity contribution in [2.75, 3.05) is 7.11 Å². The Hall–Kier alpha value is -1.55. The summed E-state index contributed by atoms with van der Waals surface area (Å²) in [6.07, 6.45) is 8.56. The van der Waals surface area contributed by atoms with E-state index in [2.05, 4.69) is 9.64 Å². The van der Waals surface area contributed by atoms with Crippen molar-refractivity contribution in [3.05, 3.63) is 34.9 Å². The molecule has 0 aromatic heterocycles. The van der Waals surface area contributed by atoms with Gasteiger partial charge in [0.05, 0.1) is 7.11 Å². The molecule has 2 aliphatic rings. The number of hydrogen-bond donors (Lipinski definition) is 0. The minimum absolute atomic E-state index is 0.200. The normalized spacial score (nSPS) is 17.5. The average molecular weight is 352 g/mol. The van der Waals surface area contributed by atoms with Crippen LogP contribution < -0.4 is 0 Å². The Morgan fingerprint density at radius 1 is 1.00 bits per heavy atom. The molecular weight excluding hydrogens is 326 g/mol. The van der Waals surface area contributed by atoms with Crippen molar-refractivity contribution in [1.82, 2.24) is 4.90 Å². The van der Waals surface area contributed by atoms with Crippen molar-refractivity contribution < 1.29 is 14.3 Å². The number of ether oxygens (including phenoxy) is 1. The van der Waals surface area contributed by atoms with Gasteiger partial charge in [-0.05, 0) is 49.9 Å². The highest BCUT2D eigenvalue weighted by Crippen LogP contribution is 2.35. The fraction of sp³-hybridized carbons (Fsp3) is 0.579. The minimum atomic E-state index is -0.245. The SMILES string of the molecule is COC(C)=O.O=C(c1ccc(Cl)cc1)N(C1CCCCC1)C1CC1. The maximum absolute atomic E-state index is 12.7. The van der Waals surface area contributed by atoms with E-state index in [0.29, 0.717) is 17.1 Å². The van der Waals surface area contributed by atoms with Crippen LogP contribution in [0.15, 0.2) is 24.3 Å². The zero-order valence-electron chi connectivity index (χ0n) is 14.5. The van der Waals surface area contributed by atoms with Crippen LogP contribution in [0.25, 0.3) is 0 Å². The molecule has 0 radical (unpaired) electrons. The van der Waals surface area contributed by atoms with Crippen LogP contribution in [0.3, 0.4) is 0 Å². The quantitative estimate of drug-likeness (QED) is 0.755. The van der Waals surface area contributed by atoms with Crippen LogP contribution >= 0.6 is 11.6 Å². The number of methoxy groups -OCH3 is 1. The van der Waals surface area contributed by atoms with Crippen molar-refractivity contribution >= 4 is 23.5 Å².